The van der Waals surface area contributed by atoms with Crippen molar-refractivity contribution in [3.05, 3.63) is 34.9 Å². The molecule has 2 amide bonds. The van der Waals surface area contributed by atoms with Crippen LogP contribution in [-0.4, -0.2) is 60.4 Å². The molecule has 6 heteroatoms. The van der Waals surface area contributed by atoms with E-state index in [1.807, 2.05) is 9.80 Å². The van der Waals surface area contributed by atoms with Gasteiger partial charge in [0.25, 0.3) is 5.91 Å². The second kappa shape index (κ2) is 8.19. The van der Waals surface area contributed by atoms with Gasteiger partial charge >= 0.3 is 0 Å². The molecular weight excluding hydrogens is 338 g/mol. The van der Waals surface area contributed by atoms with Crippen LogP contribution in [0.15, 0.2) is 24.3 Å². The lowest BCUT2D eigenvalue weighted by molar-refractivity contribution is -0.136. The topological polar surface area (TPSA) is 52.7 Å². The third-order valence-electron chi connectivity index (χ3n) is 5.16. The van der Waals surface area contributed by atoms with Crippen LogP contribution in [-0.2, 0) is 4.79 Å². The molecule has 0 radical (unpaired) electrons. The number of benzene rings is 1. The number of carbonyl (C=O) groups excluding carboxylic acids is 2. The number of nitrogens with zero attached hydrogens (tertiary/aromatic N) is 2. The van der Waals surface area contributed by atoms with Gasteiger partial charge in [-0.25, -0.2) is 0 Å². The van der Waals surface area contributed by atoms with Gasteiger partial charge in [0.15, 0.2) is 0 Å². The zero-order valence-corrected chi connectivity index (χ0v) is 15.5. The zero-order chi connectivity index (χ0) is 17.8. The Balaban J connectivity index is 1.59. The number of amides is 2. The highest BCUT2D eigenvalue weighted by molar-refractivity contribution is 6.30. The van der Waals surface area contributed by atoms with Crippen LogP contribution in [0.5, 0.6) is 0 Å². The van der Waals surface area contributed by atoms with Gasteiger partial charge in [-0.1, -0.05) is 11.6 Å². The highest BCUT2D eigenvalue weighted by Crippen LogP contribution is 2.20. The summed E-state index contributed by atoms with van der Waals surface area (Å²) in [6.07, 6.45) is 2.64. The Morgan fingerprint density at radius 3 is 2.48 bits per heavy atom. The average Bonchev–Trinajstić information content (AvgIpc) is 2.87. The van der Waals surface area contributed by atoms with Crippen LogP contribution in [0.2, 0.25) is 5.02 Å². The first-order valence-corrected chi connectivity index (χ1v) is 9.49. The summed E-state index contributed by atoms with van der Waals surface area (Å²) in [5.74, 6) is 0.394. The fraction of sp³-hybridized carbons (Fsp3) is 0.579. The van der Waals surface area contributed by atoms with Crippen molar-refractivity contribution in [1.82, 2.24) is 15.1 Å². The van der Waals surface area contributed by atoms with Crippen molar-refractivity contribution in [2.75, 3.05) is 32.7 Å². The standard InChI is InChI=1S/C19H26ClN3O2/c1-14-13-16(7-8-21-14)19(25)23-10-2-9-22(11-12-23)18(24)15-3-5-17(20)6-4-15/h3-6,14,16,21H,2,7-13H2,1H3/t14-,16-/m0/s1. The number of rotatable bonds is 2. The summed E-state index contributed by atoms with van der Waals surface area (Å²) in [5.41, 5.74) is 0.649. The summed E-state index contributed by atoms with van der Waals surface area (Å²) in [4.78, 5) is 29.3. The highest BCUT2D eigenvalue weighted by atomic mass is 35.5. The summed E-state index contributed by atoms with van der Waals surface area (Å²) in [6, 6.07) is 7.39. The largest absolute Gasteiger partial charge is 0.341 e. The van der Waals surface area contributed by atoms with Crippen LogP contribution >= 0.6 is 11.6 Å². The van der Waals surface area contributed by atoms with Crippen LogP contribution in [0.25, 0.3) is 0 Å². The van der Waals surface area contributed by atoms with Crippen LogP contribution in [0.4, 0.5) is 0 Å². The SMILES string of the molecule is C[C@H]1C[C@@H](C(=O)N2CCCN(C(=O)c3ccc(Cl)cc3)CC2)CCN1. The molecule has 2 heterocycles. The molecule has 136 valence electrons. The maximum atomic E-state index is 12.8. The van der Waals surface area contributed by atoms with Crippen molar-refractivity contribution < 1.29 is 9.59 Å². The first-order valence-electron chi connectivity index (χ1n) is 9.11. The third kappa shape index (κ3) is 4.53. The molecule has 1 aromatic rings. The smallest absolute Gasteiger partial charge is 0.253 e. The predicted octanol–water partition coefficient (Wildman–Crippen LogP) is 2.40. The van der Waals surface area contributed by atoms with Gasteiger partial charge in [-0.2, -0.15) is 0 Å². The molecule has 2 saturated heterocycles. The van der Waals surface area contributed by atoms with Crippen LogP contribution in [0.3, 0.4) is 0 Å². The average molecular weight is 364 g/mol. The number of hydrogen-bond acceptors (Lipinski definition) is 3. The summed E-state index contributed by atoms with van der Waals surface area (Å²) < 4.78 is 0. The van der Waals surface area contributed by atoms with Crippen molar-refractivity contribution in [3.8, 4) is 0 Å². The Labute approximate surface area is 154 Å². The Hall–Kier alpha value is -1.59. The molecule has 0 unspecified atom stereocenters. The van der Waals surface area contributed by atoms with E-state index >= 15 is 0 Å². The summed E-state index contributed by atoms with van der Waals surface area (Å²) >= 11 is 5.89. The molecule has 2 aliphatic heterocycles. The molecule has 2 atom stereocenters. The zero-order valence-electron chi connectivity index (χ0n) is 14.7. The molecule has 0 saturated carbocycles. The van der Waals surface area contributed by atoms with Gasteiger partial charge in [-0.15, -0.1) is 0 Å². The fourth-order valence-electron chi connectivity index (χ4n) is 3.73. The molecule has 5 nitrogen and oxygen atoms in total. The van der Waals surface area contributed by atoms with Crippen molar-refractivity contribution in [2.45, 2.75) is 32.2 Å². The van der Waals surface area contributed by atoms with Gasteiger partial charge < -0.3 is 15.1 Å². The van der Waals surface area contributed by atoms with Crippen LogP contribution < -0.4 is 5.32 Å². The van der Waals surface area contributed by atoms with E-state index in [1.165, 1.54) is 0 Å². The van der Waals surface area contributed by atoms with Crippen LogP contribution in [0, 0.1) is 5.92 Å². The minimum Gasteiger partial charge on any atom is -0.341 e. The lowest BCUT2D eigenvalue weighted by Gasteiger charge is -2.31. The first-order chi connectivity index (χ1) is 12.0. The Kier molecular flexibility index (Phi) is 5.97. The van der Waals surface area contributed by atoms with Gasteiger partial charge in [0.1, 0.15) is 0 Å². The number of hydrogen-bond donors (Lipinski definition) is 1. The summed E-state index contributed by atoms with van der Waals surface area (Å²) in [5, 5.41) is 4.02. The summed E-state index contributed by atoms with van der Waals surface area (Å²) in [6.45, 7) is 5.68. The van der Waals surface area contributed by atoms with E-state index in [4.69, 9.17) is 11.6 Å². The minimum absolute atomic E-state index is 0.0152. The van der Waals surface area contributed by atoms with Crippen molar-refractivity contribution in [3.63, 3.8) is 0 Å². The second-order valence-electron chi connectivity index (χ2n) is 7.05. The van der Waals surface area contributed by atoms with E-state index in [-0.39, 0.29) is 17.7 Å². The number of carbonyl (C=O) groups is 2. The van der Waals surface area contributed by atoms with E-state index in [1.54, 1.807) is 24.3 Å². The van der Waals surface area contributed by atoms with Crippen molar-refractivity contribution in [1.29, 1.82) is 0 Å². The monoisotopic (exact) mass is 363 g/mol. The molecule has 1 N–H and O–H groups in total. The maximum Gasteiger partial charge on any atom is 0.253 e. The number of halogens is 1. The Morgan fingerprint density at radius 1 is 1.08 bits per heavy atom. The van der Waals surface area contributed by atoms with E-state index in [0.717, 1.165) is 32.4 Å². The van der Waals surface area contributed by atoms with Gasteiger partial charge in [0.05, 0.1) is 0 Å². The lowest BCUT2D eigenvalue weighted by Crippen LogP contribution is -2.45. The quantitative estimate of drug-likeness (QED) is 0.877. The van der Waals surface area contributed by atoms with Gasteiger partial charge in [0, 0.05) is 48.7 Å². The lowest BCUT2D eigenvalue weighted by atomic mass is 9.92. The maximum absolute atomic E-state index is 12.8. The van der Waals surface area contributed by atoms with Gasteiger partial charge in [-0.05, 0) is 57.0 Å². The van der Waals surface area contributed by atoms with Crippen molar-refractivity contribution in [2.24, 2.45) is 5.92 Å². The molecule has 0 aliphatic carbocycles. The molecule has 3 rings (SSSR count). The second-order valence-corrected chi connectivity index (χ2v) is 7.49. The molecule has 25 heavy (non-hydrogen) atoms. The molecule has 0 spiro atoms. The Bertz CT molecular complexity index is 620. The minimum atomic E-state index is 0.0152. The van der Waals surface area contributed by atoms with Crippen LogP contribution in [0.1, 0.15) is 36.5 Å². The summed E-state index contributed by atoms with van der Waals surface area (Å²) in [7, 11) is 0. The van der Waals surface area contributed by atoms with E-state index < -0.39 is 0 Å². The van der Waals surface area contributed by atoms with Crippen molar-refractivity contribution >= 4 is 23.4 Å². The molecule has 0 aromatic heterocycles. The molecule has 2 aliphatic rings. The van der Waals surface area contributed by atoms with Gasteiger partial charge in [0.2, 0.25) is 5.91 Å². The first kappa shape index (κ1) is 18.2. The normalized spacial score (nSPS) is 24.7. The molecular formula is C19H26ClN3O2. The third-order valence-corrected chi connectivity index (χ3v) is 5.41. The predicted molar refractivity (Wildman–Crippen MR) is 98.7 cm³/mol. The molecule has 2 fully saturated rings. The Morgan fingerprint density at radius 2 is 1.76 bits per heavy atom. The van der Waals surface area contributed by atoms with Gasteiger partial charge in [-0.3, -0.25) is 9.59 Å². The number of nitrogens with one attached hydrogen (secondary N) is 1. The van der Waals surface area contributed by atoms with E-state index in [0.29, 0.717) is 36.3 Å². The van der Waals surface area contributed by atoms with E-state index in [2.05, 4.69) is 12.2 Å². The number of piperidine rings is 1. The van der Waals surface area contributed by atoms with E-state index in [9.17, 15) is 9.59 Å². The molecule has 1 aromatic carbocycles. The highest BCUT2D eigenvalue weighted by Gasteiger charge is 2.30. The fourth-order valence-corrected chi connectivity index (χ4v) is 3.86. The molecule has 0 bridgehead atoms.